The molecule has 0 amide bonds. The predicted molar refractivity (Wildman–Crippen MR) is 111 cm³/mol. The minimum absolute atomic E-state index is 0.320. The van der Waals surface area contributed by atoms with Crippen LogP contribution in [0.4, 0.5) is 0 Å². The summed E-state index contributed by atoms with van der Waals surface area (Å²) in [4.78, 5) is 7.34. The van der Waals surface area contributed by atoms with Gasteiger partial charge in [-0.3, -0.25) is 4.90 Å². The van der Waals surface area contributed by atoms with Crippen molar-refractivity contribution < 1.29 is 4.42 Å². The Hall–Kier alpha value is -2.57. The van der Waals surface area contributed by atoms with Gasteiger partial charge in [0.1, 0.15) is 5.01 Å². The number of fused-ring (bicyclic) bond motifs is 1. The smallest absolute Gasteiger partial charge is 0.247 e. The Morgan fingerprint density at radius 2 is 2.04 bits per heavy atom. The fourth-order valence-corrected chi connectivity index (χ4v) is 5.02. The first-order chi connectivity index (χ1) is 13.8. The summed E-state index contributed by atoms with van der Waals surface area (Å²) in [5.74, 6) is 1.26. The van der Waals surface area contributed by atoms with Crippen LogP contribution in [0.15, 0.2) is 52.9 Å². The van der Waals surface area contributed by atoms with E-state index in [4.69, 9.17) is 9.40 Å². The molecule has 4 aromatic rings. The molecular weight excluding hydrogens is 368 g/mol. The summed E-state index contributed by atoms with van der Waals surface area (Å²) < 4.78 is 7.24. The SMILES string of the molecule is Cc1cccc(-c2nnc(CN3CCCCC3c3nc4ccccc4s3)o2)c1. The number of likely N-dealkylation sites (tertiary alicyclic amines) is 1. The zero-order valence-electron chi connectivity index (χ0n) is 15.8. The van der Waals surface area contributed by atoms with Crippen LogP contribution in [0.3, 0.4) is 0 Å². The Kier molecular flexibility index (Phi) is 4.66. The van der Waals surface area contributed by atoms with E-state index < -0.39 is 0 Å². The maximum absolute atomic E-state index is 5.99. The Morgan fingerprint density at radius 1 is 1.11 bits per heavy atom. The first-order valence-corrected chi connectivity index (χ1v) is 10.6. The van der Waals surface area contributed by atoms with Crippen LogP contribution < -0.4 is 0 Å². The monoisotopic (exact) mass is 390 g/mol. The van der Waals surface area contributed by atoms with Gasteiger partial charge in [-0.1, -0.05) is 36.2 Å². The number of aryl methyl sites for hydroxylation is 1. The Balaban J connectivity index is 1.38. The van der Waals surface area contributed by atoms with E-state index in [0.29, 0.717) is 24.4 Å². The van der Waals surface area contributed by atoms with E-state index in [1.807, 2.05) is 12.1 Å². The summed E-state index contributed by atoms with van der Waals surface area (Å²) >= 11 is 1.80. The van der Waals surface area contributed by atoms with E-state index in [1.165, 1.54) is 28.1 Å². The molecule has 28 heavy (non-hydrogen) atoms. The van der Waals surface area contributed by atoms with Crippen LogP contribution in [0, 0.1) is 6.92 Å². The first-order valence-electron chi connectivity index (χ1n) is 9.75. The van der Waals surface area contributed by atoms with E-state index in [9.17, 15) is 0 Å². The molecule has 2 aromatic heterocycles. The summed E-state index contributed by atoms with van der Waals surface area (Å²) in [7, 11) is 0. The lowest BCUT2D eigenvalue weighted by atomic mass is 10.0. The van der Waals surface area contributed by atoms with Crippen LogP contribution in [0.25, 0.3) is 21.7 Å². The molecule has 3 heterocycles. The minimum Gasteiger partial charge on any atom is -0.419 e. The fourth-order valence-electron chi connectivity index (χ4n) is 3.88. The molecule has 5 nitrogen and oxygen atoms in total. The van der Waals surface area contributed by atoms with Gasteiger partial charge in [0.2, 0.25) is 11.8 Å². The second-order valence-electron chi connectivity index (χ2n) is 7.37. The molecule has 1 saturated heterocycles. The van der Waals surface area contributed by atoms with Gasteiger partial charge < -0.3 is 4.42 Å². The number of rotatable bonds is 4. The van der Waals surface area contributed by atoms with Crippen molar-refractivity contribution in [2.45, 2.75) is 38.8 Å². The molecule has 0 spiro atoms. The van der Waals surface area contributed by atoms with E-state index >= 15 is 0 Å². The van der Waals surface area contributed by atoms with Gasteiger partial charge in [-0.2, -0.15) is 0 Å². The third-order valence-corrected chi connectivity index (χ3v) is 6.42. The van der Waals surface area contributed by atoms with Crippen LogP contribution in [0.1, 0.15) is 41.8 Å². The van der Waals surface area contributed by atoms with Gasteiger partial charge in [-0.25, -0.2) is 4.98 Å². The molecule has 5 rings (SSSR count). The number of hydrogen-bond donors (Lipinski definition) is 0. The lowest BCUT2D eigenvalue weighted by Gasteiger charge is -2.33. The molecule has 1 aliphatic rings. The third kappa shape index (κ3) is 3.45. The number of aromatic nitrogens is 3. The Bertz CT molecular complexity index is 1070. The molecule has 1 fully saturated rings. The normalized spacial score (nSPS) is 18.0. The van der Waals surface area contributed by atoms with Crippen LogP contribution in [0.5, 0.6) is 0 Å². The van der Waals surface area contributed by atoms with E-state index in [-0.39, 0.29) is 0 Å². The maximum Gasteiger partial charge on any atom is 0.247 e. The topological polar surface area (TPSA) is 55.1 Å². The van der Waals surface area contributed by atoms with Gasteiger partial charge in [0, 0.05) is 5.56 Å². The second-order valence-corrected chi connectivity index (χ2v) is 8.43. The highest BCUT2D eigenvalue weighted by atomic mass is 32.1. The summed E-state index contributed by atoms with van der Waals surface area (Å²) in [6, 6.07) is 16.9. The molecule has 0 radical (unpaired) electrons. The molecule has 1 aliphatic heterocycles. The third-order valence-electron chi connectivity index (χ3n) is 5.28. The largest absolute Gasteiger partial charge is 0.419 e. The molecule has 6 heteroatoms. The number of nitrogens with zero attached hydrogens (tertiary/aromatic N) is 4. The number of para-hydroxylation sites is 1. The number of thiazole rings is 1. The minimum atomic E-state index is 0.320. The molecular formula is C22H22N4OS. The number of benzene rings is 2. The quantitative estimate of drug-likeness (QED) is 0.468. The van der Waals surface area contributed by atoms with E-state index in [0.717, 1.165) is 24.0 Å². The molecule has 0 saturated carbocycles. The molecule has 0 N–H and O–H groups in total. The summed E-state index contributed by atoms with van der Waals surface area (Å²) in [5.41, 5.74) is 3.25. The van der Waals surface area contributed by atoms with Crippen molar-refractivity contribution in [1.82, 2.24) is 20.1 Å². The Labute approximate surface area is 168 Å². The molecule has 1 atom stereocenters. The first kappa shape index (κ1) is 17.5. The van der Waals surface area contributed by atoms with Gasteiger partial charge in [0.25, 0.3) is 0 Å². The summed E-state index contributed by atoms with van der Waals surface area (Å²) in [5, 5.41) is 9.77. The number of hydrogen-bond acceptors (Lipinski definition) is 6. The summed E-state index contributed by atoms with van der Waals surface area (Å²) in [6.45, 7) is 3.76. The van der Waals surface area contributed by atoms with Gasteiger partial charge in [-0.15, -0.1) is 21.5 Å². The van der Waals surface area contributed by atoms with Crippen molar-refractivity contribution in [2.24, 2.45) is 0 Å². The van der Waals surface area contributed by atoms with Crippen molar-refractivity contribution in [3.63, 3.8) is 0 Å². The average Bonchev–Trinajstić information content (AvgIpc) is 3.35. The lowest BCUT2D eigenvalue weighted by Crippen LogP contribution is -2.33. The van der Waals surface area contributed by atoms with Gasteiger partial charge in [0.05, 0.1) is 22.8 Å². The lowest BCUT2D eigenvalue weighted by molar-refractivity contribution is 0.128. The van der Waals surface area contributed by atoms with Crippen LogP contribution in [-0.4, -0.2) is 26.6 Å². The highest BCUT2D eigenvalue weighted by Crippen LogP contribution is 2.36. The second kappa shape index (κ2) is 7.45. The number of piperidine rings is 1. The van der Waals surface area contributed by atoms with Gasteiger partial charge in [0.15, 0.2) is 0 Å². The van der Waals surface area contributed by atoms with Crippen LogP contribution in [0.2, 0.25) is 0 Å². The Morgan fingerprint density at radius 3 is 2.93 bits per heavy atom. The zero-order valence-corrected chi connectivity index (χ0v) is 16.7. The predicted octanol–water partition coefficient (Wildman–Crippen LogP) is 5.38. The van der Waals surface area contributed by atoms with Crippen LogP contribution >= 0.6 is 11.3 Å². The fraction of sp³-hybridized carbons (Fsp3) is 0.318. The van der Waals surface area contributed by atoms with Crippen molar-refractivity contribution in [3.8, 4) is 11.5 Å². The molecule has 1 unspecified atom stereocenters. The van der Waals surface area contributed by atoms with E-state index in [2.05, 4.69) is 58.4 Å². The van der Waals surface area contributed by atoms with Crippen molar-refractivity contribution in [3.05, 3.63) is 65.0 Å². The molecule has 0 aliphatic carbocycles. The van der Waals surface area contributed by atoms with Crippen molar-refractivity contribution >= 4 is 21.6 Å². The maximum atomic E-state index is 5.99. The molecule has 0 bridgehead atoms. The summed E-state index contributed by atoms with van der Waals surface area (Å²) in [6.07, 6.45) is 3.55. The highest BCUT2D eigenvalue weighted by molar-refractivity contribution is 7.18. The molecule has 2 aromatic carbocycles. The van der Waals surface area contributed by atoms with Gasteiger partial charge >= 0.3 is 0 Å². The molecule has 142 valence electrons. The van der Waals surface area contributed by atoms with Gasteiger partial charge in [-0.05, 0) is 50.6 Å². The standard InChI is InChI=1S/C22H22N4OS/c1-15-7-6-8-16(13-15)21-25-24-20(27-21)14-26-12-5-4-10-18(26)22-23-17-9-2-3-11-19(17)28-22/h2-3,6-9,11,13,18H,4-5,10,12,14H2,1H3. The van der Waals surface area contributed by atoms with Crippen molar-refractivity contribution in [2.75, 3.05) is 6.54 Å². The van der Waals surface area contributed by atoms with Crippen molar-refractivity contribution in [1.29, 1.82) is 0 Å². The van der Waals surface area contributed by atoms with Crippen LogP contribution in [-0.2, 0) is 6.54 Å². The average molecular weight is 391 g/mol. The zero-order chi connectivity index (χ0) is 18.9. The highest BCUT2D eigenvalue weighted by Gasteiger charge is 2.28. The van der Waals surface area contributed by atoms with E-state index in [1.54, 1.807) is 11.3 Å².